The lowest BCUT2D eigenvalue weighted by atomic mass is 9.97. The molecule has 1 aliphatic rings. The van der Waals surface area contributed by atoms with Gasteiger partial charge in [0.05, 0.1) is 12.4 Å². The molecule has 1 fully saturated rings. The van der Waals surface area contributed by atoms with Crippen molar-refractivity contribution in [1.29, 1.82) is 0 Å². The molecule has 8 heteroatoms. The first-order valence-corrected chi connectivity index (χ1v) is 9.83. The Kier molecular flexibility index (Phi) is 6.69. The largest absolute Gasteiger partial charge is 0.384 e. The number of carbonyl (C=O) groups excluding carboxylic acids is 2. The summed E-state index contributed by atoms with van der Waals surface area (Å²) in [6.45, 7) is 2.30. The fourth-order valence-electron chi connectivity index (χ4n) is 2.77. The molecular formula is C17H24N2O5S. The summed E-state index contributed by atoms with van der Waals surface area (Å²) in [6.07, 6.45) is 0.953. The van der Waals surface area contributed by atoms with Gasteiger partial charge in [0.15, 0.2) is 5.78 Å². The first-order valence-electron chi connectivity index (χ1n) is 8.22. The van der Waals surface area contributed by atoms with Gasteiger partial charge in [-0.15, -0.1) is 0 Å². The van der Waals surface area contributed by atoms with E-state index in [2.05, 4.69) is 5.32 Å². The molecule has 0 spiro atoms. The summed E-state index contributed by atoms with van der Waals surface area (Å²) >= 11 is 0. The molecule has 0 radical (unpaired) electrons. The molecule has 1 aromatic carbocycles. The Morgan fingerprint density at radius 3 is 2.56 bits per heavy atom. The Balaban J connectivity index is 1.91. The van der Waals surface area contributed by atoms with Gasteiger partial charge in [-0.1, -0.05) is 12.1 Å². The third-order valence-corrected chi connectivity index (χ3v) is 6.13. The number of benzene rings is 1. The fourth-order valence-corrected chi connectivity index (χ4v) is 4.18. The van der Waals surface area contributed by atoms with Crippen molar-refractivity contribution in [3.8, 4) is 0 Å². The summed E-state index contributed by atoms with van der Waals surface area (Å²) in [6, 6.07) is 6.79. The molecule has 1 amide bonds. The summed E-state index contributed by atoms with van der Waals surface area (Å²) in [7, 11) is -1.86. The third-order valence-electron chi connectivity index (χ3n) is 4.30. The number of nitrogens with zero attached hydrogens (tertiary/aromatic N) is 1. The quantitative estimate of drug-likeness (QED) is 0.737. The van der Waals surface area contributed by atoms with E-state index in [9.17, 15) is 18.0 Å². The van der Waals surface area contributed by atoms with E-state index >= 15 is 0 Å². The molecule has 0 unspecified atom stereocenters. The van der Waals surface area contributed by atoms with Gasteiger partial charge in [0.25, 0.3) is 0 Å². The van der Waals surface area contributed by atoms with Gasteiger partial charge in [0.1, 0.15) is 0 Å². The van der Waals surface area contributed by atoms with Gasteiger partial charge in [-0.2, -0.15) is 0 Å². The lowest BCUT2D eigenvalue weighted by Crippen LogP contribution is -2.42. The smallest absolute Gasteiger partial charge is 0.227 e. The predicted molar refractivity (Wildman–Crippen MR) is 95.0 cm³/mol. The highest BCUT2D eigenvalue weighted by Gasteiger charge is 2.30. The highest BCUT2D eigenvalue weighted by molar-refractivity contribution is 7.89. The standard InChI is InChI=1S/C17H24N2O5S/c1-13(20)15-4-3-5-16(12-15)18-17(21)14-6-8-19(9-7-14)25(22,23)11-10-24-2/h3-5,12,14H,6-11H2,1-2H3,(H,18,21). The lowest BCUT2D eigenvalue weighted by molar-refractivity contribution is -0.120. The van der Waals surface area contributed by atoms with Crippen LogP contribution >= 0.6 is 0 Å². The van der Waals surface area contributed by atoms with E-state index in [1.807, 2.05) is 0 Å². The molecule has 1 aromatic rings. The summed E-state index contributed by atoms with van der Waals surface area (Å²) < 4.78 is 30.5. The average molecular weight is 368 g/mol. The van der Waals surface area contributed by atoms with E-state index in [4.69, 9.17) is 4.74 Å². The van der Waals surface area contributed by atoms with Crippen molar-refractivity contribution in [1.82, 2.24) is 4.31 Å². The number of piperidine rings is 1. The van der Waals surface area contributed by atoms with Crippen molar-refractivity contribution in [2.45, 2.75) is 19.8 Å². The van der Waals surface area contributed by atoms with Crippen LogP contribution < -0.4 is 5.32 Å². The van der Waals surface area contributed by atoms with Crippen molar-refractivity contribution in [2.75, 3.05) is 37.9 Å². The summed E-state index contributed by atoms with van der Waals surface area (Å²) in [4.78, 5) is 23.8. The van der Waals surface area contributed by atoms with Crippen molar-refractivity contribution < 1.29 is 22.7 Å². The third kappa shape index (κ3) is 5.35. The Hall–Kier alpha value is -1.77. The van der Waals surface area contributed by atoms with Crippen LogP contribution in [-0.2, 0) is 19.6 Å². The van der Waals surface area contributed by atoms with E-state index in [-0.39, 0.29) is 30.0 Å². The number of hydrogen-bond donors (Lipinski definition) is 1. The highest BCUT2D eigenvalue weighted by atomic mass is 32.2. The molecule has 0 atom stereocenters. The number of ether oxygens (including phenoxy) is 1. The van der Waals surface area contributed by atoms with Crippen LogP contribution in [0.25, 0.3) is 0 Å². The molecule has 0 saturated carbocycles. The molecule has 1 aliphatic heterocycles. The predicted octanol–water partition coefficient (Wildman–Crippen LogP) is 1.52. The highest BCUT2D eigenvalue weighted by Crippen LogP contribution is 2.22. The van der Waals surface area contributed by atoms with Crippen LogP contribution in [0.15, 0.2) is 24.3 Å². The molecule has 1 heterocycles. The van der Waals surface area contributed by atoms with Crippen LogP contribution in [0.1, 0.15) is 30.1 Å². The Morgan fingerprint density at radius 1 is 1.28 bits per heavy atom. The number of ketones is 1. The summed E-state index contributed by atoms with van der Waals surface area (Å²) in [5, 5.41) is 2.82. The second kappa shape index (κ2) is 8.55. The van der Waals surface area contributed by atoms with Crippen molar-refractivity contribution in [2.24, 2.45) is 5.92 Å². The Bertz CT molecular complexity index is 724. The van der Waals surface area contributed by atoms with Crippen LogP contribution in [0, 0.1) is 5.92 Å². The van der Waals surface area contributed by atoms with E-state index in [1.165, 1.54) is 18.3 Å². The van der Waals surface area contributed by atoms with Gasteiger partial charge in [0, 0.05) is 37.4 Å². The zero-order valence-corrected chi connectivity index (χ0v) is 15.3. The topological polar surface area (TPSA) is 92.8 Å². The molecule has 0 aliphatic carbocycles. The number of amides is 1. The van der Waals surface area contributed by atoms with Crippen molar-refractivity contribution in [3.63, 3.8) is 0 Å². The first-order chi connectivity index (χ1) is 11.8. The van der Waals surface area contributed by atoms with E-state index < -0.39 is 10.0 Å². The molecule has 25 heavy (non-hydrogen) atoms. The van der Waals surface area contributed by atoms with Gasteiger partial charge in [0.2, 0.25) is 15.9 Å². The Labute approximate surface area is 148 Å². The van der Waals surface area contributed by atoms with Crippen LogP contribution in [-0.4, -0.2) is 57.0 Å². The maximum Gasteiger partial charge on any atom is 0.227 e. The molecule has 2 rings (SSSR count). The second-order valence-electron chi connectivity index (χ2n) is 6.11. The SMILES string of the molecule is COCCS(=O)(=O)N1CCC(C(=O)Nc2cccc(C(C)=O)c2)CC1. The van der Waals surface area contributed by atoms with Crippen LogP contribution in [0.3, 0.4) is 0 Å². The van der Waals surface area contributed by atoms with Gasteiger partial charge in [-0.25, -0.2) is 12.7 Å². The van der Waals surface area contributed by atoms with Crippen LogP contribution in [0.5, 0.6) is 0 Å². The normalized spacial score (nSPS) is 16.6. The fraction of sp³-hybridized carbons (Fsp3) is 0.529. The number of carbonyl (C=O) groups is 2. The number of hydrogen-bond acceptors (Lipinski definition) is 5. The van der Waals surface area contributed by atoms with Crippen LogP contribution in [0.4, 0.5) is 5.69 Å². The molecule has 0 bridgehead atoms. The Morgan fingerprint density at radius 2 is 1.96 bits per heavy atom. The number of Topliss-reactive ketones (excluding diaryl/α,β-unsaturated/α-hetero) is 1. The maximum absolute atomic E-state index is 12.4. The summed E-state index contributed by atoms with van der Waals surface area (Å²) in [5.74, 6) is -0.492. The zero-order chi connectivity index (χ0) is 18.4. The maximum atomic E-state index is 12.4. The summed E-state index contributed by atoms with van der Waals surface area (Å²) in [5.41, 5.74) is 1.12. The first kappa shape index (κ1) is 19.6. The van der Waals surface area contributed by atoms with E-state index in [0.29, 0.717) is 37.2 Å². The average Bonchev–Trinajstić information content (AvgIpc) is 2.60. The molecule has 0 aromatic heterocycles. The second-order valence-corrected chi connectivity index (χ2v) is 8.20. The minimum Gasteiger partial charge on any atom is -0.384 e. The number of sulfonamides is 1. The number of rotatable bonds is 7. The lowest BCUT2D eigenvalue weighted by Gasteiger charge is -2.30. The monoisotopic (exact) mass is 368 g/mol. The number of nitrogens with one attached hydrogen (secondary N) is 1. The zero-order valence-electron chi connectivity index (χ0n) is 14.5. The minimum atomic E-state index is -3.33. The molecule has 138 valence electrons. The molecule has 1 saturated heterocycles. The molecule has 7 nitrogen and oxygen atoms in total. The van der Waals surface area contributed by atoms with E-state index in [0.717, 1.165) is 0 Å². The molecule has 1 N–H and O–H groups in total. The van der Waals surface area contributed by atoms with E-state index in [1.54, 1.807) is 24.3 Å². The van der Waals surface area contributed by atoms with Crippen molar-refractivity contribution >= 4 is 27.4 Å². The molecular weight excluding hydrogens is 344 g/mol. The van der Waals surface area contributed by atoms with Gasteiger partial charge >= 0.3 is 0 Å². The minimum absolute atomic E-state index is 0.0435. The van der Waals surface area contributed by atoms with Gasteiger partial charge in [-0.3, -0.25) is 9.59 Å². The van der Waals surface area contributed by atoms with Gasteiger partial charge < -0.3 is 10.1 Å². The van der Waals surface area contributed by atoms with Gasteiger partial charge in [-0.05, 0) is 31.9 Å². The number of methoxy groups -OCH3 is 1. The van der Waals surface area contributed by atoms with Crippen LogP contribution in [0.2, 0.25) is 0 Å². The van der Waals surface area contributed by atoms with Crippen molar-refractivity contribution in [3.05, 3.63) is 29.8 Å². The number of anilines is 1.